The van der Waals surface area contributed by atoms with Gasteiger partial charge in [-0.1, -0.05) is 5.57 Å². The fourth-order valence-electron chi connectivity index (χ4n) is 3.68. The molecule has 7 heteroatoms. The highest BCUT2D eigenvalue weighted by molar-refractivity contribution is 5.95. The largest absolute Gasteiger partial charge is 0.463 e. The molecule has 0 N–H and O–H groups in total. The van der Waals surface area contributed by atoms with Crippen molar-refractivity contribution in [3.63, 3.8) is 0 Å². The van der Waals surface area contributed by atoms with Crippen molar-refractivity contribution < 1.29 is 28.6 Å². The molecule has 7 nitrogen and oxygen atoms in total. The molecule has 2 aliphatic rings. The van der Waals surface area contributed by atoms with Crippen molar-refractivity contribution in [2.75, 3.05) is 13.7 Å². The lowest BCUT2D eigenvalue weighted by Crippen LogP contribution is -2.46. The zero-order valence-electron chi connectivity index (χ0n) is 16.7. The van der Waals surface area contributed by atoms with Crippen molar-refractivity contribution in [3.05, 3.63) is 23.3 Å². The number of esters is 3. The van der Waals surface area contributed by atoms with Gasteiger partial charge in [0.05, 0.1) is 12.6 Å². The minimum absolute atomic E-state index is 0.0189. The number of ether oxygens (including phenoxy) is 3. The lowest BCUT2D eigenvalue weighted by molar-refractivity contribution is -0.151. The maximum atomic E-state index is 12.2. The summed E-state index contributed by atoms with van der Waals surface area (Å²) in [5.74, 6) is -1.40. The molecule has 2 fully saturated rings. The van der Waals surface area contributed by atoms with Gasteiger partial charge in [-0.25, -0.2) is 14.4 Å². The third-order valence-electron chi connectivity index (χ3n) is 4.96. The summed E-state index contributed by atoms with van der Waals surface area (Å²) in [7, 11) is 2.01. The first-order valence-corrected chi connectivity index (χ1v) is 9.34. The normalized spacial score (nSPS) is 27.7. The molecule has 0 aromatic heterocycles. The van der Waals surface area contributed by atoms with Crippen LogP contribution in [0.2, 0.25) is 0 Å². The zero-order chi connectivity index (χ0) is 20.1. The van der Waals surface area contributed by atoms with Gasteiger partial charge in [-0.05, 0) is 34.7 Å². The summed E-state index contributed by atoms with van der Waals surface area (Å²) < 4.78 is 16.0. The molecule has 2 saturated heterocycles. The Morgan fingerprint density at radius 1 is 1.00 bits per heavy atom. The molecule has 150 valence electrons. The molecule has 27 heavy (non-hydrogen) atoms. The summed E-state index contributed by atoms with van der Waals surface area (Å²) in [5, 5.41) is 0. The van der Waals surface area contributed by atoms with Crippen LogP contribution in [-0.2, 0) is 28.6 Å². The lowest BCUT2D eigenvalue weighted by Gasteiger charge is -2.36. The standard InChI is InChI=1S/C20H29NO6/c1-6-25-18(22)8-13(4)20(24)26-15-9-14-10-17(16(11-15)21(14)5)27-19(23)7-12(2)3/h7-8,14-17H,6,9-11H2,1-5H3/b13-8+/t14-,15-,16+,17+/m1/s1. The topological polar surface area (TPSA) is 82.1 Å². The van der Waals surface area contributed by atoms with Gasteiger partial charge in [0.2, 0.25) is 0 Å². The number of hydrogen-bond donors (Lipinski definition) is 0. The van der Waals surface area contributed by atoms with Gasteiger partial charge in [-0.15, -0.1) is 0 Å². The Kier molecular flexibility index (Phi) is 7.18. The van der Waals surface area contributed by atoms with Crippen molar-refractivity contribution in [2.45, 2.75) is 71.2 Å². The molecule has 0 aromatic rings. The van der Waals surface area contributed by atoms with Crippen LogP contribution in [0, 0.1) is 0 Å². The van der Waals surface area contributed by atoms with Gasteiger partial charge >= 0.3 is 17.9 Å². The SMILES string of the molecule is CCOC(=O)/C=C(\C)C(=O)O[C@@H]1C[C@@H]2C[C@H](OC(=O)C=C(C)C)[C@H](C1)N2C. The van der Waals surface area contributed by atoms with Gasteiger partial charge in [0.15, 0.2) is 0 Å². The predicted octanol–water partition coefficient (Wildman–Crippen LogP) is 2.15. The summed E-state index contributed by atoms with van der Waals surface area (Å²) in [5.41, 5.74) is 1.11. The Bertz CT molecular complexity index is 649. The number of likely N-dealkylation sites (N-methyl/N-ethyl adjacent to an activating group) is 1. The first kappa shape index (κ1) is 21.2. The average Bonchev–Trinajstić information content (AvgIpc) is 2.73. The molecule has 2 aliphatic heterocycles. The monoisotopic (exact) mass is 379 g/mol. The second-order valence-corrected chi connectivity index (χ2v) is 7.40. The molecule has 0 spiro atoms. The van der Waals surface area contributed by atoms with E-state index in [4.69, 9.17) is 14.2 Å². The van der Waals surface area contributed by atoms with E-state index in [1.165, 1.54) is 13.0 Å². The Hall–Kier alpha value is -2.15. The highest BCUT2D eigenvalue weighted by atomic mass is 16.6. The van der Waals surface area contributed by atoms with Crippen LogP contribution < -0.4 is 0 Å². The number of rotatable bonds is 6. The van der Waals surface area contributed by atoms with E-state index in [-0.39, 0.29) is 42.4 Å². The van der Waals surface area contributed by atoms with Gasteiger partial charge in [-0.2, -0.15) is 0 Å². The Balaban J connectivity index is 1.96. The molecule has 0 aromatic carbocycles. The molecule has 0 amide bonds. The second-order valence-electron chi connectivity index (χ2n) is 7.40. The predicted molar refractivity (Wildman–Crippen MR) is 98.8 cm³/mol. The lowest BCUT2D eigenvalue weighted by atomic mass is 10.00. The van der Waals surface area contributed by atoms with E-state index in [0.717, 1.165) is 18.1 Å². The summed E-state index contributed by atoms with van der Waals surface area (Å²) in [4.78, 5) is 37.9. The minimum atomic E-state index is -0.554. The van der Waals surface area contributed by atoms with Crippen LogP contribution in [-0.4, -0.2) is 60.8 Å². The summed E-state index contributed by atoms with van der Waals surface area (Å²) >= 11 is 0. The number of piperidine rings is 1. The number of hydrogen-bond acceptors (Lipinski definition) is 7. The van der Waals surface area contributed by atoms with E-state index in [0.29, 0.717) is 12.8 Å². The van der Waals surface area contributed by atoms with E-state index in [9.17, 15) is 14.4 Å². The molecule has 2 rings (SSSR count). The number of fused-ring (bicyclic) bond motifs is 2. The third-order valence-corrected chi connectivity index (χ3v) is 4.96. The van der Waals surface area contributed by atoms with E-state index >= 15 is 0 Å². The van der Waals surface area contributed by atoms with Crippen molar-refractivity contribution >= 4 is 17.9 Å². The molecular weight excluding hydrogens is 350 g/mol. The van der Waals surface area contributed by atoms with Crippen LogP contribution in [0.4, 0.5) is 0 Å². The number of nitrogens with zero attached hydrogens (tertiary/aromatic N) is 1. The molecule has 2 heterocycles. The smallest absolute Gasteiger partial charge is 0.334 e. The highest BCUT2D eigenvalue weighted by Gasteiger charge is 2.47. The van der Waals surface area contributed by atoms with Crippen LogP contribution in [0.1, 0.15) is 47.0 Å². The number of allylic oxidation sites excluding steroid dienone is 1. The van der Waals surface area contributed by atoms with Gasteiger partial charge in [0.1, 0.15) is 12.2 Å². The fraction of sp³-hybridized carbons (Fsp3) is 0.650. The average molecular weight is 379 g/mol. The van der Waals surface area contributed by atoms with Crippen molar-refractivity contribution in [1.82, 2.24) is 4.90 Å². The molecule has 0 saturated carbocycles. The summed E-state index contributed by atoms with van der Waals surface area (Å²) in [6.45, 7) is 7.19. The zero-order valence-corrected chi connectivity index (χ0v) is 16.7. The van der Waals surface area contributed by atoms with Crippen LogP contribution in [0.5, 0.6) is 0 Å². The number of carbonyl (C=O) groups is 3. The second kappa shape index (κ2) is 9.17. The van der Waals surface area contributed by atoms with Crippen molar-refractivity contribution in [1.29, 1.82) is 0 Å². The van der Waals surface area contributed by atoms with Crippen molar-refractivity contribution in [3.8, 4) is 0 Å². The molecule has 0 radical (unpaired) electrons. The molecule has 4 atom stereocenters. The quantitative estimate of drug-likeness (QED) is 0.397. The van der Waals surface area contributed by atoms with Gasteiger partial charge in [0.25, 0.3) is 0 Å². The fourth-order valence-corrected chi connectivity index (χ4v) is 3.68. The molecule has 2 bridgehead atoms. The van der Waals surface area contributed by atoms with Crippen molar-refractivity contribution in [2.24, 2.45) is 0 Å². The van der Waals surface area contributed by atoms with E-state index in [1.807, 2.05) is 20.9 Å². The maximum absolute atomic E-state index is 12.2. The minimum Gasteiger partial charge on any atom is -0.463 e. The maximum Gasteiger partial charge on any atom is 0.334 e. The van der Waals surface area contributed by atoms with E-state index in [2.05, 4.69) is 4.90 Å². The Morgan fingerprint density at radius 3 is 2.33 bits per heavy atom. The van der Waals surface area contributed by atoms with E-state index < -0.39 is 11.9 Å². The highest BCUT2D eigenvalue weighted by Crippen LogP contribution is 2.37. The number of carbonyl (C=O) groups excluding carboxylic acids is 3. The van der Waals surface area contributed by atoms with Crippen LogP contribution in [0.15, 0.2) is 23.3 Å². The Labute approximate surface area is 160 Å². The van der Waals surface area contributed by atoms with Gasteiger partial charge in [-0.3, -0.25) is 4.90 Å². The van der Waals surface area contributed by atoms with Crippen LogP contribution >= 0.6 is 0 Å². The van der Waals surface area contributed by atoms with Gasteiger partial charge in [0, 0.05) is 43.0 Å². The van der Waals surface area contributed by atoms with Gasteiger partial charge < -0.3 is 14.2 Å². The summed E-state index contributed by atoms with van der Waals surface area (Å²) in [6.07, 6.45) is 4.18. The first-order valence-electron chi connectivity index (χ1n) is 9.34. The van der Waals surface area contributed by atoms with E-state index in [1.54, 1.807) is 6.92 Å². The third kappa shape index (κ3) is 5.66. The molecular formula is C20H29NO6. The molecule has 0 aliphatic carbocycles. The Morgan fingerprint density at radius 2 is 1.70 bits per heavy atom. The van der Waals surface area contributed by atoms with Crippen LogP contribution in [0.3, 0.4) is 0 Å². The first-order chi connectivity index (χ1) is 12.7. The van der Waals surface area contributed by atoms with Crippen LogP contribution in [0.25, 0.3) is 0 Å². The summed E-state index contributed by atoms with van der Waals surface area (Å²) in [6, 6.07) is 0.214. The molecule has 0 unspecified atom stereocenters.